The van der Waals surface area contributed by atoms with Crippen molar-refractivity contribution >= 4 is 32.8 Å². The lowest BCUT2D eigenvalue weighted by Gasteiger charge is -2.31. The van der Waals surface area contributed by atoms with Gasteiger partial charge in [0.25, 0.3) is 10.0 Å². The molecule has 232 valence electrons. The smallest absolute Gasteiger partial charge is 0.407 e. The van der Waals surface area contributed by atoms with Crippen molar-refractivity contribution in [2.75, 3.05) is 25.5 Å². The van der Waals surface area contributed by atoms with Crippen LogP contribution in [0.3, 0.4) is 0 Å². The van der Waals surface area contributed by atoms with Gasteiger partial charge in [-0.15, -0.1) is 0 Å². The number of hydroxylamine groups is 1. The van der Waals surface area contributed by atoms with E-state index in [1.54, 1.807) is 6.07 Å². The van der Waals surface area contributed by atoms with Crippen LogP contribution in [-0.4, -0.2) is 84.7 Å². The SMILES string of the molecule is Nc1n[nH]c2ccc(S(=O)(=O)N(C[C@H](O)[C@H](Cc3ccccc3)NC(=O)O[C@H]3CO[C@H]4OCC[C@H]43)OC3CCCC3)cc12. The fourth-order valence-electron chi connectivity index (χ4n) is 5.95. The molecule has 0 unspecified atom stereocenters. The molecular weight excluding hydrogens is 578 g/mol. The van der Waals surface area contributed by atoms with Crippen LogP contribution in [0.15, 0.2) is 53.4 Å². The highest BCUT2D eigenvalue weighted by Gasteiger charge is 2.44. The molecule has 3 fully saturated rings. The topological polar surface area (TPSA) is 178 Å². The van der Waals surface area contributed by atoms with Crippen LogP contribution in [0.2, 0.25) is 0 Å². The highest BCUT2D eigenvalue weighted by molar-refractivity contribution is 7.89. The summed E-state index contributed by atoms with van der Waals surface area (Å²) in [6.45, 7) is 0.333. The molecule has 0 spiro atoms. The summed E-state index contributed by atoms with van der Waals surface area (Å²) in [5.74, 6) is 0.120. The van der Waals surface area contributed by atoms with Gasteiger partial charge < -0.3 is 30.4 Å². The Kier molecular flexibility index (Phi) is 8.84. The lowest BCUT2D eigenvalue weighted by molar-refractivity contribution is -0.145. The minimum absolute atomic E-state index is 0.0507. The predicted molar refractivity (Wildman–Crippen MR) is 155 cm³/mol. The summed E-state index contributed by atoms with van der Waals surface area (Å²) in [6, 6.07) is 12.9. The zero-order chi connectivity index (χ0) is 30.0. The molecule has 1 amide bonds. The number of nitrogens with one attached hydrogen (secondary N) is 2. The maximum Gasteiger partial charge on any atom is 0.407 e. The van der Waals surface area contributed by atoms with Crippen molar-refractivity contribution in [1.82, 2.24) is 20.0 Å². The van der Waals surface area contributed by atoms with Crippen LogP contribution < -0.4 is 11.1 Å². The number of aromatic amines is 1. The molecular formula is C29H37N5O8S. The monoisotopic (exact) mass is 615 g/mol. The minimum Gasteiger partial charge on any atom is -0.443 e. The maximum atomic E-state index is 14.0. The van der Waals surface area contributed by atoms with Crippen LogP contribution in [0.5, 0.6) is 0 Å². The zero-order valence-electron chi connectivity index (χ0n) is 23.6. The Morgan fingerprint density at radius 2 is 1.95 bits per heavy atom. The molecule has 14 heteroatoms. The largest absolute Gasteiger partial charge is 0.443 e. The first kappa shape index (κ1) is 29.8. The Labute approximate surface area is 249 Å². The number of rotatable bonds is 11. The summed E-state index contributed by atoms with van der Waals surface area (Å²) >= 11 is 0. The van der Waals surface area contributed by atoms with Gasteiger partial charge in [0, 0.05) is 5.39 Å². The van der Waals surface area contributed by atoms with Crippen LogP contribution in [0.1, 0.15) is 37.7 Å². The number of H-pyrrole nitrogens is 1. The van der Waals surface area contributed by atoms with E-state index in [2.05, 4.69) is 15.5 Å². The number of hydrogen-bond acceptors (Lipinski definition) is 10. The van der Waals surface area contributed by atoms with Crippen molar-refractivity contribution in [3.05, 3.63) is 54.1 Å². The Balaban J connectivity index is 1.23. The molecule has 1 saturated carbocycles. The number of nitrogens with zero attached hydrogens (tertiary/aromatic N) is 2. The second-order valence-corrected chi connectivity index (χ2v) is 13.1. The molecule has 6 rings (SSSR count). The Bertz CT molecular complexity index is 1510. The summed E-state index contributed by atoms with van der Waals surface area (Å²) in [5.41, 5.74) is 7.37. The molecule has 1 aromatic heterocycles. The number of anilines is 1. The van der Waals surface area contributed by atoms with Crippen LogP contribution in [0.25, 0.3) is 10.9 Å². The molecule has 1 aliphatic carbocycles. The van der Waals surface area contributed by atoms with Crippen LogP contribution in [-0.2, 0) is 35.5 Å². The summed E-state index contributed by atoms with van der Waals surface area (Å²) in [5, 5.41) is 21.5. The van der Waals surface area contributed by atoms with Gasteiger partial charge in [-0.2, -0.15) is 5.10 Å². The molecule has 5 atom stereocenters. The number of ether oxygens (including phenoxy) is 3. The third-order valence-electron chi connectivity index (χ3n) is 8.34. The number of carbonyl (C=O) groups excluding carboxylic acids is 1. The average Bonchev–Trinajstić information content (AvgIpc) is 3.81. The lowest BCUT2D eigenvalue weighted by atomic mass is 10.0. The van der Waals surface area contributed by atoms with E-state index in [1.165, 1.54) is 12.1 Å². The molecule has 3 aromatic rings. The van der Waals surface area contributed by atoms with Gasteiger partial charge in [-0.25, -0.2) is 13.2 Å². The van der Waals surface area contributed by atoms with Gasteiger partial charge in [-0.3, -0.25) is 9.94 Å². The summed E-state index contributed by atoms with van der Waals surface area (Å²) in [4.78, 5) is 19.1. The van der Waals surface area contributed by atoms with Crippen LogP contribution in [0, 0.1) is 5.92 Å². The minimum atomic E-state index is -4.25. The van der Waals surface area contributed by atoms with Crippen molar-refractivity contribution in [3.8, 4) is 0 Å². The second kappa shape index (κ2) is 12.8. The number of benzene rings is 2. The molecule has 3 aliphatic rings. The van der Waals surface area contributed by atoms with Crippen molar-refractivity contribution in [3.63, 3.8) is 0 Å². The van der Waals surface area contributed by atoms with E-state index in [1.807, 2.05) is 30.3 Å². The number of hydrogen-bond donors (Lipinski definition) is 4. The fourth-order valence-corrected chi connectivity index (χ4v) is 7.28. The molecule has 3 heterocycles. The van der Waals surface area contributed by atoms with Crippen LogP contribution in [0.4, 0.5) is 10.6 Å². The molecule has 5 N–H and O–H groups in total. The van der Waals surface area contributed by atoms with E-state index in [9.17, 15) is 18.3 Å². The molecule has 13 nitrogen and oxygen atoms in total. The van der Waals surface area contributed by atoms with Gasteiger partial charge in [-0.05, 0) is 49.4 Å². The number of fused-ring (bicyclic) bond motifs is 2. The molecule has 2 aromatic carbocycles. The quantitative estimate of drug-likeness (QED) is 0.234. The van der Waals surface area contributed by atoms with E-state index >= 15 is 0 Å². The number of amides is 1. The first-order valence-corrected chi connectivity index (χ1v) is 16.1. The van der Waals surface area contributed by atoms with Gasteiger partial charge in [0.2, 0.25) is 0 Å². The number of aliphatic hydroxyl groups excluding tert-OH is 1. The first-order valence-electron chi connectivity index (χ1n) is 14.6. The summed E-state index contributed by atoms with van der Waals surface area (Å²) < 4.78 is 45.5. The number of alkyl carbamates (subject to hydrolysis) is 1. The molecule has 2 aliphatic heterocycles. The van der Waals surface area contributed by atoms with Crippen molar-refractivity contribution < 1.29 is 37.4 Å². The Hall–Kier alpha value is -3.27. The summed E-state index contributed by atoms with van der Waals surface area (Å²) in [6.07, 6.45) is 0.915. The van der Waals surface area contributed by atoms with Crippen molar-refractivity contribution in [2.24, 2.45) is 5.92 Å². The normalized spacial score (nSPS) is 23.9. The van der Waals surface area contributed by atoms with Gasteiger partial charge in [0.15, 0.2) is 12.1 Å². The standard InChI is InChI=1S/C29H37N5O8S/c30-27-22-15-20(10-11-23(22)32-33-27)43(37,38)34(42-19-8-4-5-9-19)16-25(35)24(14-18-6-2-1-3-7-18)31-29(36)41-26-17-40-28-21(26)12-13-39-28/h1-3,6-7,10-11,15,19,21,24-26,28,35H,4-5,8-9,12-14,16-17H2,(H,31,36)(H3,30,32,33)/t21-,24-,25-,26-,28+/m0/s1. The molecule has 43 heavy (non-hydrogen) atoms. The maximum absolute atomic E-state index is 14.0. The average molecular weight is 616 g/mol. The summed E-state index contributed by atoms with van der Waals surface area (Å²) in [7, 11) is -4.25. The molecule has 0 radical (unpaired) electrons. The third kappa shape index (κ3) is 6.64. The number of sulfonamides is 1. The van der Waals surface area contributed by atoms with E-state index in [0.717, 1.165) is 29.3 Å². The predicted octanol–water partition coefficient (Wildman–Crippen LogP) is 2.47. The molecule has 0 bridgehead atoms. The number of carbonyl (C=O) groups is 1. The zero-order valence-corrected chi connectivity index (χ0v) is 24.4. The number of nitrogen functional groups attached to an aromatic ring is 1. The number of nitrogens with two attached hydrogens (primary N) is 1. The van der Waals surface area contributed by atoms with Crippen LogP contribution >= 0.6 is 0 Å². The van der Waals surface area contributed by atoms with Gasteiger partial charge in [-0.1, -0.05) is 47.6 Å². The van der Waals surface area contributed by atoms with Gasteiger partial charge in [0.05, 0.1) is 54.3 Å². The second-order valence-electron chi connectivity index (χ2n) is 11.3. The lowest BCUT2D eigenvalue weighted by Crippen LogP contribution is -2.51. The van der Waals surface area contributed by atoms with Gasteiger partial charge in [0.1, 0.15) is 6.10 Å². The van der Waals surface area contributed by atoms with E-state index in [0.29, 0.717) is 30.4 Å². The van der Waals surface area contributed by atoms with E-state index in [4.69, 9.17) is 24.8 Å². The highest BCUT2D eigenvalue weighted by atomic mass is 32.2. The number of aliphatic hydroxyl groups is 1. The highest BCUT2D eigenvalue weighted by Crippen LogP contribution is 2.33. The number of aromatic nitrogens is 2. The fraction of sp³-hybridized carbons (Fsp3) is 0.517. The Morgan fingerprint density at radius 1 is 1.16 bits per heavy atom. The third-order valence-corrected chi connectivity index (χ3v) is 9.97. The first-order chi connectivity index (χ1) is 20.8. The van der Waals surface area contributed by atoms with Crippen molar-refractivity contribution in [1.29, 1.82) is 0 Å². The van der Waals surface area contributed by atoms with Gasteiger partial charge >= 0.3 is 6.09 Å². The van der Waals surface area contributed by atoms with E-state index < -0.39 is 40.9 Å². The molecule has 2 saturated heterocycles. The van der Waals surface area contributed by atoms with E-state index in [-0.39, 0.29) is 42.1 Å². The van der Waals surface area contributed by atoms with Crippen molar-refractivity contribution in [2.45, 2.75) is 74.1 Å². The Morgan fingerprint density at radius 3 is 2.74 bits per heavy atom.